The monoisotopic (exact) mass is 459 g/mol. The Balaban J connectivity index is 1.46. The molecule has 3 aromatic carbocycles. The van der Waals surface area contributed by atoms with Gasteiger partial charge in [-0.15, -0.1) is 0 Å². The van der Waals surface area contributed by atoms with Crippen molar-refractivity contribution in [1.29, 1.82) is 0 Å². The number of morpholine rings is 1. The second kappa shape index (κ2) is 11.0. The number of methoxy groups -OCH3 is 1. The number of nitrogens with zero attached hydrogens (tertiary/aromatic N) is 2. The number of carbonyl (C=O) groups is 2. The normalized spacial score (nSPS) is 13.8. The third kappa shape index (κ3) is 5.62. The molecule has 0 atom stereocenters. The Bertz CT molecular complexity index is 1130. The molecule has 1 aliphatic rings. The van der Waals surface area contributed by atoms with Crippen molar-refractivity contribution < 1.29 is 19.1 Å². The summed E-state index contributed by atoms with van der Waals surface area (Å²) in [6.45, 7) is 3.03. The van der Waals surface area contributed by atoms with E-state index in [9.17, 15) is 9.59 Å². The Morgan fingerprint density at radius 3 is 2.32 bits per heavy atom. The molecule has 2 amide bonds. The number of carbonyl (C=O) groups excluding carboxylic acids is 2. The summed E-state index contributed by atoms with van der Waals surface area (Å²) in [6, 6.07) is 22.8. The predicted octanol–water partition coefficient (Wildman–Crippen LogP) is 3.91. The fraction of sp³-hybridized carbons (Fsp3) is 0.259. The van der Waals surface area contributed by atoms with Crippen molar-refractivity contribution in [3.8, 4) is 16.9 Å². The summed E-state index contributed by atoms with van der Waals surface area (Å²) in [5.74, 6) is 0.279. The molecule has 1 aliphatic heterocycles. The fourth-order valence-corrected chi connectivity index (χ4v) is 3.87. The van der Waals surface area contributed by atoms with Gasteiger partial charge in [0.2, 0.25) is 5.91 Å². The molecule has 1 fully saturated rings. The van der Waals surface area contributed by atoms with Gasteiger partial charge in [-0.25, -0.2) is 0 Å². The maximum atomic E-state index is 12.9. The number of amides is 2. The molecular weight excluding hydrogens is 430 g/mol. The first-order chi connectivity index (χ1) is 16.5. The SMILES string of the molecule is COc1ccc(NC(=O)c2ccc(-c3ccccc3)cc2)cc1N(C)C(=O)CN1CCOCC1. The number of ether oxygens (including phenoxy) is 2. The molecular formula is C27H29N3O4. The van der Waals surface area contributed by atoms with E-state index >= 15 is 0 Å². The zero-order valence-electron chi connectivity index (χ0n) is 19.5. The van der Waals surface area contributed by atoms with E-state index < -0.39 is 0 Å². The van der Waals surface area contributed by atoms with Gasteiger partial charge in [-0.3, -0.25) is 14.5 Å². The summed E-state index contributed by atoms with van der Waals surface area (Å²) in [6.07, 6.45) is 0. The molecule has 0 aliphatic carbocycles. The summed E-state index contributed by atoms with van der Waals surface area (Å²) < 4.78 is 10.8. The van der Waals surface area contributed by atoms with Crippen LogP contribution in [0.1, 0.15) is 10.4 Å². The Hall–Kier alpha value is -3.68. The molecule has 0 spiro atoms. The number of likely N-dealkylation sites (N-methyl/N-ethyl adjacent to an activating group) is 1. The van der Waals surface area contributed by atoms with Crippen LogP contribution in [0.15, 0.2) is 72.8 Å². The molecule has 0 saturated carbocycles. The summed E-state index contributed by atoms with van der Waals surface area (Å²) in [5.41, 5.74) is 3.87. The van der Waals surface area contributed by atoms with Gasteiger partial charge in [0.25, 0.3) is 5.91 Å². The van der Waals surface area contributed by atoms with Crippen LogP contribution >= 0.6 is 0 Å². The van der Waals surface area contributed by atoms with Crippen LogP contribution < -0.4 is 15.0 Å². The minimum absolute atomic E-state index is 0.0554. The van der Waals surface area contributed by atoms with Crippen molar-refractivity contribution in [2.75, 3.05) is 57.2 Å². The van der Waals surface area contributed by atoms with Crippen LogP contribution in [0.3, 0.4) is 0 Å². The number of rotatable bonds is 7. The second-order valence-corrected chi connectivity index (χ2v) is 8.13. The quantitative estimate of drug-likeness (QED) is 0.580. The van der Waals surface area contributed by atoms with E-state index in [1.165, 1.54) is 0 Å². The van der Waals surface area contributed by atoms with E-state index in [1.807, 2.05) is 42.5 Å². The van der Waals surface area contributed by atoms with Crippen LogP contribution in [0.5, 0.6) is 5.75 Å². The van der Waals surface area contributed by atoms with Crippen molar-refractivity contribution in [3.63, 3.8) is 0 Å². The lowest BCUT2D eigenvalue weighted by molar-refractivity contribution is -0.120. The lowest BCUT2D eigenvalue weighted by atomic mass is 10.0. The fourth-order valence-electron chi connectivity index (χ4n) is 3.87. The predicted molar refractivity (Wildman–Crippen MR) is 133 cm³/mol. The van der Waals surface area contributed by atoms with Gasteiger partial charge >= 0.3 is 0 Å². The molecule has 0 bridgehead atoms. The lowest BCUT2D eigenvalue weighted by Gasteiger charge is -2.28. The number of hydrogen-bond donors (Lipinski definition) is 1. The van der Waals surface area contributed by atoms with E-state index in [0.717, 1.165) is 24.2 Å². The molecule has 1 N–H and O–H groups in total. The zero-order chi connectivity index (χ0) is 23.9. The second-order valence-electron chi connectivity index (χ2n) is 8.13. The van der Waals surface area contributed by atoms with Crippen LogP contribution in [0.2, 0.25) is 0 Å². The first-order valence-electron chi connectivity index (χ1n) is 11.3. The first kappa shape index (κ1) is 23.5. The number of hydrogen-bond acceptors (Lipinski definition) is 5. The average molecular weight is 460 g/mol. The van der Waals surface area contributed by atoms with E-state index in [1.54, 1.807) is 49.4 Å². The maximum Gasteiger partial charge on any atom is 0.255 e. The summed E-state index contributed by atoms with van der Waals surface area (Å²) >= 11 is 0. The number of anilines is 2. The Morgan fingerprint density at radius 1 is 0.971 bits per heavy atom. The van der Waals surface area contributed by atoms with Crippen LogP contribution in [-0.2, 0) is 9.53 Å². The molecule has 1 saturated heterocycles. The minimum Gasteiger partial charge on any atom is -0.495 e. The van der Waals surface area contributed by atoms with Crippen LogP contribution in [0.25, 0.3) is 11.1 Å². The van der Waals surface area contributed by atoms with E-state index in [-0.39, 0.29) is 11.8 Å². The van der Waals surface area contributed by atoms with Gasteiger partial charge in [0.15, 0.2) is 0 Å². The Labute approximate surface area is 199 Å². The van der Waals surface area contributed by atoms with Crippen LogP contribution in [0.4, 0.5) is 11.4 Å². The highest BCUT2D eigenvalue weighted by Gasteiger charge is 2.21. The molecule has 7 heteroatoms. The highest BCUT2D eigenvalue weighted by Crippen LogP contribution is 2.31. The topological polar surface area (TPSA) is 71.1 Å². The molecule has 34 heavy (non-hydrogen) atoms. The molecule has 0 unspecified atom stereocenters. The van der Waals surface area contributed by atoms with Gasteiger partial charge in [-0.2, -0.15) is 0 Å². The maximum absolute atomic E-state index is 12.9. The standard InChI is InChI=1S/C27H29N3O4/c1-29(26(31)19-30-14-16-34-17-15-30)24-18-23(12-13-25(24)33-2)28-27(32)22-10-8-21(9-11-22)20-6-4-3-5-7-20/h3-13,18H,14-17,19H2,1-2H3,(H,28,32). The van der Waals surface area contributed by atoms with E-state index in [2.05, 4.69) is 10.2 Å². The third-order valence-corrected chi connectivity index (χ3v) is 5.89. The van der Waals surface area contributed by atoms with Crippen molar-refractivity contribution in [2.24, 2.45) is 0 Å². The van der Waals surface area contributed by atoms with Crippen LogP contribution in [0, 0.1) is 0 Å². The largest absolute Gasteiger partial charge is 0.495 e. The smallest absolute Gasteiger partial charge is 0.255 e. The summed E-state index contributed by atoms with van der Waals surface area (Å²) in [7, 11) is 3.28. The molecule has 0 aromatic heterocycles. The van der Waals surface area contributed by atoms with Crippen molar-refractivity contribution in [3.05, 3.63) is 78.4 Å². The average Bonchev–Trinajstić information content (AvgIpc) is 2.89. The Kier molecular flexibility index (Phi) is 7.57. The van der Waals surface area contributed by atoms with Gasteiger partial charge < -0.3 is 19.7 Å². The first-order valence-corrected chi connectivity index (χ1v) is 11.3. The van der Waals surface area contributed by atoms with E-state index in [4.69, 9.17) is 9.47 Å². The summed E-state index contributed by atoms with van der Waals surface area (Å²) in [4.78, 5) is 29.4. The van der Waals surface area contributed by atoms with E-state index in [0.29, 0.717) is 42.4 Å². The highest BCUT2D eigenvalue weighted by atomic mass is 16.5. The summed E-state index contributed by atoms with van der Waals surface area (Å²) in [5, 5.41) is 2.92. The Morgan fingerprint density at radius 2 is 1.65 bits per heavy atom. The van der Waals surface area contributed by atoms with Crippen molar-refractivity contribution in [1.82, 2.24) is 4.90 Å². The van der Waals surface area contributed by atoms with Crippen molar-refractivity contribution >= 4 is 23.2 Å². The van der Waals surface area contributed by atoms with Gasteiger partial charge in [0.05, 0.1) is 32.6 Å². The number of nitrogens with one attached hydrogen (secondary N) is 1. The van der Waals surface area contributed by atoms with Crippen LogP contribution in [-0.4, -0.2) is 63.7 Å². The molecule has 1 heterocycles. The molecule has 176 valence electrons. The number of benzene rings is 3. The third-order valence-electron chi connectivity index (χ3n) is 5.89. The van der Waals surface area contributed by atoms with Gasteiger partial charge in [-0.1, -0.05) is 42.5 Å². The highest BCUT2D eigenvalue weighted by molar-refractivity contribution is 6.05. The molecule has 3 aromatic rings. The zero-order valence-corrected chi connectivity index (χ0v) is 19.5. The molecule has 7 nitrogen and oxygen atoms in total. The molecule has 0 radical (unpaired) electrons. The van der Waals surface area contributed by atoms with Gasteiger partial charge in [-0.05, 0) is 41.5 Å². The van der Waals surface area contributed by atoms with Gasteiger partial charge in [0, 0.05) is 31.4 Å². The van der Waals surface area contributed by atoms with Crippen molar-refractivity contribution in [2.45, 2.75) is 0 Å². The lowest BCUT2D eigenvalue weighted by Crippen LogP contribution is -2.43. The minimum atomic E-state index is -0.224. The molecule has 4 rings (SSSR count). The van der Waals surface area contributed by atoms with Gasteiger partial charge in [0.1, 0.15) is 5.75 Å².